The highest BCUT2D eigenvalue weighted by Crippen LogP contribution is 2.33. The number of rotatable bonds is 6. The molecule has 0 aromatic carbocycles. The smallest absolute Gasteiger partial charge is 0.103 e. The number of hydrogen-bond acceptors (Lipinski definition) is 18. The first-order valence-corrected chi connectivity index (χ1v) is 34.6. The van der Waals surface area contributed by atoms with Crippen LogP contribution in [0, 0.1) is 164 Å². The molecule has 0 saturated carbocycles. The van der Waals surface area contributed by atoms with E-state index in [1.165, 1.54) is 82.8 Å². The number of fused-ring (bicyclic) bond motifs is 6. The van der Waals surface area contributed by atoms with Crippen LogP contribution in [-0.2, 0) is 12.8 Å². The van der Waals surface area contributed by atoms with Crippen LogP contribution in [0.4, 0.5) is 0 Å². The first kappa shape index (κ1) is 67.7. The van der Waals surface area contributed by atoms with E-state index in [0.29, 0.717) is 11.8 Å². The fraction of sp³-hybridized carbons (Fsp3) is 0.471. The molecule has 12 rings (SSSR count). The first-order chi connectivity index (χ1) is 40.4. The number of hydrogen-bond donors (Lipinski definition) is 0. The van der Waals surface area contributed by atoms with Crippen LogP contribution in [0.5, 0.6) is 0 Å². The summed E-state index contributed by atoms with van der Waals surface area (Å²) in [5, 5.41) is 0. The van der Waals surface area contributed by atoms with E-state index in [1.807, 2.05) is 80.6 Å². The molecule has 0 amide bonds. The van der Waals surface area contributed by atoms with Crippen molar-refractivity contribution in [3.05, 3.63) is 127 Å². The van der Waals surface area contributed by atoms with Crippen LogP contribution >= 0.6 is 68.0 Å². The van der Waals surface area contributed by atoms with Crippen molar-refractivity contribution in [2.45, 2.75) is 206 Å². The van der Waals surface area contributed by atoms with Crippen LogP contribution in [-0.4, -0.2) is 59.8 Å². The molecule has 0 aliphatic carbocycles. The second-order valence-corrected chi connectivity index (χ2v) is 31.6. The van der Waals surface area contributed by atoms with Crippen molar-refractivity contribution in [1.29, 1.82) is 0 Å². The minimum atomic E-state index is 0.674. The van der Waals surface area contributed by atoms with Crippen LogP contribution in [0.1, 0.15) is 167 Å². The number of thiophene rings is 6. The molecule has 12 aromatic heterocycles. The molecular formula is C68H88N12S6. The van der Waals surface area contributed by atoms with E-state index >= 15 is 0 Å². The summed E-state index contributed by atoms with van der Waals surface area (Å²) in [5.41, 5.74) is 25.8. The molecule has 456 valence electrons. The molecule has 0 fully saturated rings. The van der Waals surface area contributed by atoms with E-state index < -0.39 is 0 Å². The third-order valence-electron chi connectivity index (χ3n) is 15.9. The Morgan fingerprint density at radius 2 is 0.326 bits per heavy atom. The van der Waals surface area contributed by atoms with Crippen LogP contribution in [0.15, 0.2) is 0 Å². The summed E-state index contributed by atoms with van der Waals surface area (Å²) in [6.45, 7) is 54.5. The summed E-state index contributed by atoms with van der Waals surface area (Å²) in [4.78, 5) is 70.7. The van der Waals surface area contributed by atoms with E-state index in [4.69, 9.17) is 9.97 Å². The lowest BCUT2D eigenvalue weighted by Gasteiger charge is -2.15. The SMILES string of the molecule is CCC(C)Cc1nc2c(C)sc(C)c2nc1CC(C)CC.Cc1nc2c(C)sc(C)c2nc1C.Cc1nc2c(C)sc(C)c2nc1C.Cc1nc2c(C)sc(C)c2nc1C.Cc1nc2c(C)sc(C)c2nc1C.Cc1nc2c(C)sc(C)c2nc1C. The van der Waals surface area contributed by atoms with Gasteiger partial charge in [0.2, 0.25) is 0 Å². The van der Waals surface area contributed by atoms with Crippen LogP contribution in [0.3, 0.4) is 0 Å². The lowest BCUT2D eigenvalue weighted by Crippen LogP contribution is -2.10. The average molecular weight is 1270 g/mol. The Balaban J connectivity index is 0.000000149. The molecule has 18 heteroatoms. The third kappa shape index (κ3) is 15.4. The van der Waals surface area contributed by atoms with Gasteiger partial charge in [-0.25, -0.2) is 59.8 Å². The summed E-state index contributed by atoms with van der Waals surface area (Å²) < 4.78 is 0. The Morgan fingerprint density at radius 3 is 0.442 bits per heavy atom. The van der Waals surface area contributed by atoms with Crippen LogP contribution in [0.2, 0.25) is 0 Å². The van der Waals surface area contributed by atoms with Crippen molar-refractivity contribution < 1.29 is 0 Å². The maximum atomic E-state index is 5.02. The zero-order valence-corrected chi connectivity index (χ0v) is 60.7. The van der Waals surface area contributed by atoms with Gasteiger partial charge >= 0.3 is 0 Å². The highest BCUT2D eigenvalue weighted by atomic mass is 32.1. The van der Waals surface area contributed by atoms with Gasteiger partial charge in [-0.2, -0.15) is 0 Å². The van der Waals surface area contributed by atoms with Gasteiger partial charge in [0.1, 0.15) is 66.2 Å². The highest BCUT2D eigenvalue weighted by Gasteiger charge is 2.19. The Morgan fingerprint density at radius 1 is 0.209 bits per heavy atom. The first-order valence-electron chi connectivity index (χ1n) is 29.7. The quantitative estimate of drug-likeness (QED) is 0.156. The highest BCUT2D eigenvalue weighted by molar-refractivity contribution is 7.15. The summed E-state index contributed by atoms with van der Waals surface area (Å²) in [7, 11) is 0. The van der Waals surface area contributed by atoms with Gasteiger partial charge in [0, 0.05) is 58.5 Å². The Bertz CT molecular complexity index is 3630. The van der Waals surface area contributed by atoms with Gasteiger partial charge in [-0.15, -0.1) is 68.0 Å². The van der Waals surface area contributed by atoms with Gasteiger partial charge in [0.15, 0.2) is 0 Å². The molecule has 0 saturated heterocycles. The molecular weight excluding hydrogens is 1180 g/mol. The van der Waals surface area contributed by atoms with Crippen molar-refractivity contribution in [1.82, 2.24) is 59.8 Å². The van der Waals surface area contributed by atoms with E-state index in [0.717, 1.165) is 136 Å². The monoisotopic (exact) mass is 1260 g/mol. The molecule has 2 atom stereocenters. The van der Waals surface area contributed by atoms with Gasteiger partial charge in [-0.05, 0) is 177 Å². The van der Waals surface area contributed by atoms with Gasteiger partial charge < -0.3 is 0 Å². The van der Waals surface area contributed by atoms with E-state index in [2.05, 4.69) is 161 Å². The molecule has 2 unspecified atom stereocenters. The molecule has 0 bridgehead atoms. The summed E-state index contributed by atoms with van der Waals surface area (Å²) in [6, 6.07) is 0. The second kappa shape index (κ2) is 28.6. The summed E-state index contributed by atoms with van der Waals surface area (Å²) >= 11 is 10.7. The van der Waals surface area contributed by atoms with Gasteiger partial charge in [-0.3, -0.25) is 0 Å². The second-order valence-electron chi connectivity index (χ2n) is 23.0. The standard InChI is InChI=1S/C18H28N2S.5C10H12N2S/c1-7-11(3)9-15-16(10-12(4)8-2)20-18-14(6)21-13(5)17(18)19-15;5*1-5-6(2)12-10-8(4)13-7(3)9(10)11-5/h11-12H,7-10H2,1-6H3;5*1-4H3. The molecule has 12 aromatic rings. The van der Waals surface area contributed by atoms with Gasteiger partial charge in [0.05, 0.1) is 68.3 Å². The normalized spacial score (nSPS) is 11.9. The van der Waals surface area contributed by atoms with Crippen molar-refractivity contribution in [3.8, 4) is 0 Å². The van der Waals surface area contributed by atoms with Gasteiger partial charge in [-0.1, -0.05) is 40.5 Å². The summed E-state index contributed by atoms with van der Waals surface area (Å²) in [6.07, 6.45) is 4.51. The fourth-order valence-corrected chi connectivity index (χ4v) is 15.3. The Kier molecular flexibility index (Phi) is 22.5. The predicted molar refractivity (Wildman–Crippen MR) is 375 cm³/mol. The van der Waals surface area contributed by atoms with Gasteiger partial charge in [0.25, 0.3) is 0 Å². The number of aromatic nitrogens is 12. The average Bonchev–Trinajstić information content (AvgIpc) is 2.19. The molecule has 0 spiro atoms. The van der Waals surface area contributed by atoms with Crippen molar-refractivity contribution in [3.63, 3.8) is 0 Å². The third-order valence-corrected chi connectivity index (χ3v) is 21.9. The maximum Gasteiger partial charge on any atom is 0.103 e. The predicted octanol–water partition coefficient (Wildman–Crippen LogP) is 20.1. The maximum absolute atomic E-state index is 5.02. The van der Waals surface area contributed by atoms with Crippen molar-refractivity contribution >= 4 is 134 Å². The zero-order chi connectivity index (χ0) is 63.5. The topological polar surface area (TPSA) is 155 Å². The molecule has 0 aliphatic rings. The lowest BCUT2D eigenvalue weighted by atomic mass is 9.96. The van der Waals surface area contributed by atoms with Crippen molar-refractivity contribution in [2.24, 2.45) is 11.8 Å². The van der Waals surface area contributed by atoms with E-state index in [9.17, 15) is 0 Å². The molecule has 0 radical (unpaired) electrons. The number of aryl methyl sites for hydroxylation is 22. The molecule has 86 heavy (non-hydrogen) atoms. The van der Waals surface area contributed by atoms with Crippen molar-refractivity contribution in [2.75, 3.05) is 0 Å². The largest absolute Gasteiger partial charge is 0.248 e. The minimum Gasteiger partial charge on any atom is -0.248 e. The Hall–Kier alpha value is -5.76. The van der Waals surface area contributed by atoms with Crippen LogP contribution in [0.25, 0.3) is 66.2 Å². The number of nitrogens with zero attached hydrogens (tertiary/aromatic N) is 12. The van der Waals surface area contributed by atoms with E-state index in [1.54, 1.807) is 56.7 Å². The molecule has 0 aliphatic heterocycles. The van der Waals surface area contributed by atoms with Crippen LogP contribution < -0.4 is 0 Å². The fourth-order valence-electron chi connectivity index (χ4n) is 9.70. The molecule has 12 nitrogen and oxygen atoms in total. The lowest BCUT2D eigenvalue weighted by molar-refractivity contribution is 0.525. The minimum absolute atomic E-state index is 0.674. The van der Waals surface area contributed by atoms with E-state index in [-0.39, 0.29) is 0 Å². The Labute approximate surface area is 534 Å². The molecule has 12 heterocycles. The summed E-state index contributed by atoms with van der Waals surface area (Å²) in [5.74, 6) is 1.35. The molecule has 0 N–H and O–H groups in total. The zero-order valence-electron chi connectivity index (χ0n) is 55.8.